The van der Waals surface area contributed by atoms with Crippen molar-refractivity contribution in [2.75, 3.05) is 25.0 Å². The molecule has 0 aliphatic carbocycles. The second-order valence-corrected chi connectivity index (χ2v) is 5.60. The minimum Gasteiger partial charge on any atom is -0.481 e. The molecule has 0 spiro atoms. The van der Waals surface area contributed by atoms with Gasteiger partial charge >= 0.3 is 12.0 Å². The molecule has 1 N–H and O–H groups in total. The zero-order chi connectivity index (χ0) is 15.5. The van der Waals surface area contributed by atoms with Crippen LogP contribution in [-0.2, 0) is 4.79 Å². The van der Waals surface area contributed by atoms with Crippen LogP contribution < -0.4 is 4.90 Å². The fraction of sp³-hybridized carbons (Fsp3) is 0.500. The summed E-state index contributed by atoms with van der Waals surface area (Å²) in [4.78, 5) is 27.2. The summed E-state index contributed by atoms with van der Waals surface area (Å²) in [6, 6.07) is 9.39. The Hall–Kier alpha value is -2.04. The van der Waals surface area contributed by atoms with E-state index in [2.05, 4.69) is 0 Å². The average molecular weight is 290 g/mol. The fourth-order valence-corrected chi connectivity index (χ4v) is 2.82. The zero-order valence-corrected chi connectivity index (χ0v) is 12.6. The third-order valence-corrected chi connectivity index (χ3v) is 4.55. The molecule has 1 aliphatic heterocycles. The number of likely N-dealkylation sites (tertiary alicyclic amines) is 1. The van der Waals surface area contributed by atoms with Gasteiger partial charge in [-0.05, 0) is 31.4 Å². The summed E-state index contributed by atoms with van der Waals surface area (Å²) in [5.74, 6) is -0.742. The normalized spacial score (nSPS) is 17.3. The van der Waals surface area contributed by atoms with Crippen molar-refractivity contribution in [1.82, 2.24) is 4.90 Å². The Morgan fingerprint density at radius 2 is 1.81 bits per heavy atom. The molecule has 2 rings (SSSR count). The molecule has 2 amide bonds. The molecule has 0 aromatic heterocycles. The van der Waals surface area contributed by atoms with E-state index >= 15 is 0 Å². The molecule has 1 aromatic rings. The maximum absolute atomic E-state index is 12.5. The van der Waals surface area contributed by atoms with Crippen LogP contribution in [0.4, 0.5) is 10.5 Å². The molecule has 1 aromatic carbocycles. The number of hydrogen-bond donors (Lipinski definition) is 1. The van der Waals surface area contributed by atoms with E-state index in [0.717, 1.165) is 5.69 Å². The number of piperidine rings is 1. The number of carboxylic acids is 1. The van der Waals surface area contributed by atoms with E-state index in [1.807, 2.05) is 37.3 Å². The molecule has 1 aliphatic rings. The van der Waals surface area contributed by atoms with Gasteiger partial charge in [0.1, 0.15) is 0 Å². The molecule has 0 atom stereocenters. The predicted octanol–water partition coefficient (Wildman–Crippen LogP) is 2.82. The summed E-state index contributed by atoms with van der Waals surface area (Å²) in [7, 11) is 1.75. The van der Waals surface area contributed by atoms with Crippen molar-refractivity contribution >= 4 is 17.7 Å². The fourth-order valence-electron chi connectivity index (χ4n) is 2.82. The van der Waals surface area contributed by atoms with E-state index in [1.165, 1.54) is 0 Å². The third kappa shape index (κ3) is 3.01. The Morgan fingerprint density at radius 1 is 1.24 bits per heavy atom. The topological polar surface area (TPSA) is 60.9 Å². The molecule has 5 nitrogen and oxygen atoms in total. The molecule has 1 heterocycles. The predicted molar refractivity (Wildman–Crippen MR) is 81.4 cm³/mol. The van der Waals surface area contributed by atoms with E-state index < -0.39 is 11.4 Å². The van der Waals surface area contributed by atoms with Crippen LogP contribution in [0.25, 0.3) is 0 Å². The number of aliphatic carboxylic acids is 1. The van der Waals surface area contributed by atoms with Crippen LogP contribution in [0.15, 0.2) is 30.3 Å². The van der Waals surface area contributed by atoms with Gasteiger partial charge in [0.15, 0.2) is 0 Å². The lowest BCUT2D eigenvalue weighted by Gasteiger charge is -2.39. The first-order chi connectivity index (χ1) is 10.00. The molecule has 1 fully saturated rings. The summed E-state index contributed by atoms with van der Waals surface area (Å²) in [5.41, 5.74) is 0.176. The summed E-state index contributed by atoms with van der Waals surface area (Å²) in [6.45, 7) is 2.90. The largest absolute Gasteiger partial charge is 0.481 e. The van der Waals surface area contributed by atoms with Crippen molar-refractivity contribution < 1.29 is 14.7 Å². The number of carboxylic acid groups (broad SMARTS) is 1. The SMILES string of the molecule is CCC1(C(=O)O)CCN(C(=O)N(C)c2ccccc2)CC1. The van der Waals surface area contributed by atoms with Crippen molar-refractivity contribution in [1.29, 1.82) is 0 Å². The monoisotopic (exact) mass is 290 g/mol. The average Bonchev–Trinajstić information content (AvgIpc) is 2.54. The second kappa shape index (κ2) is 6.16. The maximum Gasteiger partial charge on any atom is 0.324 e. The smallest absolute Gasteiger partial charge is 0.324 e. The van der Waals surface area contributed by atoms with Gasteiger partial charge in [-0.3, -0.25) is 9.69 Å². The van der Waals surface area contributed by atoms with Crippen LogP contribution in [0.1, 0.15) is 26.2 Å². The Kier molecular flexibility index (Phi) is 4.50. The maximum atomic E-state index is 12.5. The zero-order valence-electron chi connectivity index (χ0n) is 12.6. The van der Waals surface area contributed by atoms with Gasteiger partial charge < -0.3 is 10.0 Å². The lowest BCUT2D eigenvalue weighted by molar-refractivity contribution is -0.151. The van der Waals surface area contributed by atoms with Crippen LogP contribution in [-0.4, -0.2) is 42.1 Å². The van der Waals surface area contributed by atoms with Gasteiger partial charge in [0, 0.05) is 25.8 Å². The lowest BCUT2D eigenvalue weighted by atomic mass is 9.76. The molecule has 114 valence electrons. The van der Waals surface area contributed by atoms with Gasteiger partial charge in [-0.25, -0.2) is 4.79 Å². The van der Waals surface area contributed by atoms with Gasteiger partial charge in [-0.15, -0.1) is 0 Å². The Labute approximate surface area is 125 Å². The number of nitrogens with zero attached hydrogens (tertiary/aromatic N) is 2. The summed E-state index contributed by atoms with van der Waals surface area (Å²) in [6.07, 6.45) is 1.65. The van der Waals surface area contributed by atoms with E-state index in [4.69, 9.17) is 0 Å². The molecule has 0 radical (unpaired) electrons. The van der Waals surface area contributed by atoms with E-state index in [-0.39, 0.29) is 6.03 Å². The van der Waals surface area contributed by atoms with Crippen molar-refractivity contribution in [3.63, 3.8) is 0 Å². The quantitative estimate of drug-likeness (QED) is 0.931. The summed E-state index contributed by atoms with van der Waals surface area (Å²) in [5, 5.41) is 9.39. The van der Waals surface area contributed by atoms with Crippen LogP contribution in [0.2, 0.25) is 0 Å². The van der Waals surface area contributed by atoms with Crippen LogP contribution in [0, 0.1) is 5.41 Å². The number of carbonyl (C=O) groups excluding carboxylic acids is 1. The number of urea groups is 1. The van der Waals surface area contributed by atoms with Gasteiger partial charge in [0.25, 0.3) is 0 Å². The first-order valence-corrected chi connectivity index (χ1v) is 7.31. The minimum absolute atomic E-state index is 0.0729. The molecular weight excluding hydrogens is 268 g/mol. The number of amides is 2. The molecular formula is C16H22N2O3. The second-order valence-electron chi connectivity index (χ2n) is 5.60. The standard InChI is InChI=1S/C16H22N2O3/c1-3-16(14(19)20)9-11-18(12-10-16)15(21)17(2)13-7-5-4-6-8-13/h4-8H,3,9-12H2,1-2H3,(H,19,20). The van der Waals surface area contributed by atoms with E-state index in [9.17, 15) is 14.7 Å². The highest BCUT2D eigenvalue weighted by Crippen LogP contribution is 2.35. The molecule has 1 saturated heterocycles. The highest BCUT2D eigenvalue weighted by Gasteiger charge is 2.41. The third-order valence-electron chi connectivity index (χ3n) is 4.55. The van der Waals surface area contributed by atoms with Crippen molar-refractivity contribution in [2.45, 2.75) is 26.2 Å². The summed E-state index contributed by atoms with van der Waals surface area (Å²) >= 11 is 0. The van der Waals surface area contributed by atoms with Gasteiger partial charge in [0.2, 0.25) is 0 Å². The van der Waals surface area contributed by atoms with Gasteiger partial charge in [0.05, 0.1) is 5.41 Å². The van der Waals surface area contributed by atoms with Crippen LogP contribution in [0.3, 0.4) is 0 Å². The molecule has 0 saturated carbocycles. The number of para-hydroxylation sites is 1. The van der Waals surface area contributed by atoms with E-state index in [0.29, 0.717) is 32.4 Å². The Balaban J connectivity index is 2.02. The number of rotatable bonds is 3. The highest BCUT2D eigenvalue weighted by atomic mass is 16.4. The number of benzene rings is 1. The van der Waals surface area contributed by atoms with Crippen molar-refractivity contribution in [3.8, 4) is 0 Å². The number of carbonyl (C=O) groups is 2. The van der Waals surface area contributed by atoms with E-state index in [1.54, 1.807) is 16.8 Å². The molecule has 21 heavy (non-hydrogen) atoms. The first kappa shape index (κ1) is 15.4. The van der Waals surface area contributed by atoms with Crippen LogP contribution in [0.5, 0.6) is 0 Å². The van der Waals surface area contributed by atoms with Gasteiger partial charge in [-0.2, -0.15) is 0 Å². The summed E-state index contributed by atoms with van der Waals surface area (Å²) < 4.78 is 0. The molecule has 5 heteroatoms. The molecule has 0 unspecified atom stereocenters. The first-order valence-electron chi connectivity index (χ1n) is 7.31. The minimum atomic E-state index is -0.742. The Bertz CT molecular complexity index is 508. The van der Waals surface area contributed by atoms with Crippen LogP contribution >= 0.6 is 0 Å². The number of anilines is 1. The Morgan fingerprint density at radius 3 is 2.29 bits per heavy atom. The lowest BCUT2D eigenvalue weighted by Crippen LogP contribution is -2.50. The number of hydrogen-bond acceptors (Lipinski definition) is 2. The highest BCUT2D eigenvalue weighted by molar-refractivity contribution is 5.91. The van der Waals surface area contributed by atoms with Crippen molar-refractivity contribution in [3.05, 3.63) is 30.3 Å². The van der Waals surface area contributed by atoms with Gasteiger partial charge in [-0.1, -0.05) is 25.1 Å². The molecule has 0 bridgehead atoms. The van der Waals surface area contributed by atoms with Crippen molar-refractivity contribution in [2.24, 2.45) is 5.41 Å².